The van der Waals surface area contributed by atoms with E-state index in [0.29, 0.717) is 19.4 Å². The lowest BCUT2D eigenvalue weighted by molar-refractivity contribution is -0.141. The summed E-state index contributed by atoms with van der Waals surface area (Å²) in [4.78, 5) is 24.7. The van der Waals surface area contributed by atoms with Crippen LogP contribution in [-0.2, 0) is 14.3 Å². The molecule has 1 amide bonds. The van der Waals surface area contributed by atoms with Crippen molar-refractivity contribution in [2.45, 2.75) is 38.6 Å². The van der Waals surface area contributed by atoms with Crippen molar-refractivity contribution in [1.82, 2.24) is 9.91 Å². The standard InChI is InChI=1S/C12H23N3O3/c1-3-11(16)15(13)10-4-7-14(8-5-10)9-6-12(17)18-2/h10H,3-9,13H2,1-2H3. The summed E-state index contributed by atoms with van der Waals surface area (Å²) in [5.41, 5.74) is 0. The third-order valence-electron chi connectivity index (χ3n) is 3.40. The molecule has 1 rings (SSSR count). The summed E-state index contributed by atoms with van der Waals surface area (Å²) < 4.78 is 4.61. The molecule has 1 saturated heterocycles. The molecule has 0 bridgehead atoms. The lowest BCUT2D eigenvalue weighted by Gasteiger charge is -2.36. The van der Waals surface area contributed by atoms with E-state index in [-0.39, 0.29) is 17.9 Å². The lowest BCUT2D eigenvalue weighted by Crippen LogP contribution is -2.50. The van der Waals surface area contributed by atoms with Crippen LogP contribution in [0.1, 0.15) is 32.6 Å². The highest BCUT2D eigenvalue weighted by atomic mass is 16.5. The third-order valence-corrected chi connectivity index (χ3v) is 3.40. The van der Waals surface area contributed by atoms with E-state index in [4.69, 9.17) is 5.84 Å². The number of amides is 1. The quantitative estimate of drug-likeness (QED) is 0.328. The number of hydrazine groups is 1. The van der Waals surface area contributed by atoms with Crippen LogP contribution in [0.25, 0.3) is 0 Å². The smallest absolute Gasteiger partial charge is 0.306 e. The van der Waals surface area contributed by atoms with Crippen LogP contribution in [0.2, 0.25) is 0 Å². The van der Waals surface area contributed by atoms with E-state index in [0.717, 1.165) is 25.9 Å². The highest BCUT2D eigenvalue weighted by Crippen LogP contribution is 2.15. The van der Waals surface area contributed by atoms with Crippen LogP contribution in [0.4, 0.5) is 0 Å². The molecular formula is C12H23N3O3. The zero-order valence-corrected chi connectivity index (χ0v) is 11.2. The molecule has 0 unspecified atom stereocenters. The molecular weight excluding hydrogens is 234 g/mol. The Kier molecular flexibility index (Phi) is 6.07. The largest absolute Gasteiger partial charge is 0.469 e. The minimum atomic E-state index is -0.182. The Bertz CT molecular complexity index is 288. The molecule has 18 heavy (non-hydrogen) atoms. The summed E-state index contributed by atoms with van der Waals surface area (Å²) in [6.45, 7) is 4.26. The summed E-state index contributed by atoms with van der Waals surface area (Å²) in [5, 5.41) is 1.37. The first-order valence-corrected chi connectivity index (χ1v) is 6.44. The number of likely N-dealkylation sites (tertiary alicyclic amines) is 1. The first-order valence-electron chi connectivity index (χ1n) is 6.44. The zero-order valence-electron chi connectivity index (χ0n) is 11.2. The van der Waals surface area contributed by atoms with Crippen LogP contribution >= 0.6 is 0 Å². The molecule has 1 fully saturated rings. The summed E-state index contributed by atoms with van der Waals surface area (Å²) in [7, 11) is 1.40. The summed E-state index contributed by atoms with van der Waals surface area (Å²) in [5.74, 6) is 5.59. The second kappa shape index (κ2) is 7.33. The van der Waals surface area contributed by atoms with E-state index in [1.54, 1.807) is 0 Å². The number of piperidine rings is 1. The molecule has 0 saturated carbocycles. The molecule has 1 aliphatic rings. The second-order valence-electron chi connectivity index (χ2n) is 4.55. The SMILES string of the molecule is CCC(=O)N(N)C1CCN(CCC(=O)OC)CC1. The fourth-order valence-electron chi connectivity index (χ4n) is 2.16. The fraction of sp³-hybridized carbons (Fsp3) is 0.833. The summed E-state index contributed by atoms with van der Waals surface area (Å²) in [6.07, 6.45) is 2.59. The molecule has 6 heteroatoms. The third kappa shape index (κ3) is 4.27. The molecule has 2 N–H and O–H groups in total. The van der Waals surface area contributed by atoms with Gasteiger partial charge in [-0.3, -0.25) is 14.6 Å². The van der Waals surface area contributed by atoms with Crippen LogP contribution in [0.3, 0.4) is 0 Å². The molecule has 0 radical (unpaired) electrons. The number of methoxy groups -OCH3 is 1. The Labute approximate surface area is 108 Å². The Morgan fingerprint density at radius 2 is 2.00 bits per heavy atom. The monoisotopic (exact) mass is 257 g/mol. The van der Waals surface area contributed by atoms with Gasteiger partial charge < -0.3 is 9.64 Å². The van der Waals surface area contributed by atoms with Gasteiger partial charge in [0.2, 0.25) is 5.91 Å². The van der Waals surface area contributed by atoms with Crippen LogP contribution in [0, 0.1) is 0 Å². The number of carbonyl (C=O) groups is 2. The van der Waals surface area contributed by atoms with Gasteiger partial charge in [-0.05, 0) is 12.8 Å². The highest BCUT2D eigenvalue weighted by Gasteiger charge is 2.25. The topological polar surface area (TPSA) is 75.9 Å². The first-order chi connectivity index (χ1) is 8.58. The minimum Gasteiger partial charge on any atom is -0.469 e. The summed E-state index contributed by atoms with van der Waals surface area (Å²) >= 11 is 0. The molecule has 0 aromatic heterocycles. The van der Waals surface area contributed by atoms with E-state index in [2.05, 4.69) is 9.64 Å². The van der Waals surface area contributed by atoms with Crippen LogP contribution in [0.5, 0.6) is 0 Å². The predicted octanol–water partition coefficient (Wildman–Crippen LogP) is 0.126. The molecule has 0 atom stereocenters. The van der Waals surface area contributed by atoms with Crippen LogP contribution < -0.4 is 5.84 Å². The van der Waals surface area contributed by atoms with Crippen molar-refractivity contribution in [2.24, 2.45) is 5.84 Å². The van der Waals surface area contributed by atoms with Crippen molar-refractivity contribution < 1.29 is 14.3 Å². The Hall–Kier alpha value is -1.14. The maximum atomic E-state index is 11.5. The number of rotatable bonds is 5. The fourth-order valence-corrected chi connectivity index (χ4v) is 2.16. The van der Waals surface area contributed by atoms with E-state index >= 15 is 0 Å². The van der Waals surface area contributed by atoms with Crippen molar-refractivity contribution in [2.75, 3.05) is 26.7 Å². The molecule has 0 aromatic rings. The van der Waals surface area contributed by atoms with Gasteiger partial charge >= 0.3 is 5.97 Å². The van der Waals surface area contributed by atoms with E-state index in [1.165, 1.54) is 12.1 Å². The molecule has 0 aliphatic carbocycles. The van der Waals surface area contributed by atoms with Gasteiger partial charge in [-0.1, -0.05) is 6.92 Å². The van der Waals surface area contributed by atoms with Crippen molar-refractivity contribution in [1.29, 1.82) is 0 Å². The number of hydrogen-bond acceptors (Lipinski definition) is 5. The van der Waals surface area contributed by atoms with Gasteiger partial charge in [0.25, 0.3) is 0 Å². The molecule has 6 nitrogen and oxygen atoms in total. The van der Waals surface area contributed by atoms with Crippen molar-refractivity contribution in [3.63, 3.8) is 0 Å². The maximum absolute atomic E-state index is 11.5. The van der Waals surface area contributed by atoms with Crippen LogP contribution in [0.15, 0.2) is 0 Å². The first kappa shape index (κ1) is 14.9. The van der Waals surface area contributed by atoms with Gasteiger partial charge in [0.1, 0.15) is 0 Å². The van der Waals surface area contributed by atoms with Crippen molar-refractivity contribution in [3.05, 3.63) is 0 Å². The molecule has 0 aromatic carbocycles. The predicted molar refractivity (Wildman–Crippen MR) is 67.4 cm³/mol. The number of hydrogen-bond donors (Lipinski definition) is 1. The average Bonchev–Trinajstić information content (AvgIpc) is 2.43. The normalized spacial score (nSPS) is 17.5. The van der Waals surface area contributed by atoms with Gasteiger partial charge in [0.05, 0.1) is 19.6 Å². The number of carbonyl (C=O) groups excluding carboxylic acids is 2. The second-order valence-corrected chi connectivity index (χ2v) is 4.55. The van der Waals surface area contributed by atoms with Gasteiger partial charge in [-0.15, -0.1) is 0 Å². The summed E-state index contributed by atoms with van der Waals surface area (Å²) in [6, 6.07) is 0.131. The highest BCUT2D eigenvalue weighted by molar-refractivity contribution is 5.75. The van der Waals surface area contributed by atoms with E-state index < -0.39 is 0 Å². The Balaban J connectivity index is 2.28. The van der Waals surface area contributed by atoms with Gasteiger partial charge in [-0.2, -0.15) is 0 Å². The van der Waals surface area contributed by atoms with E-state index in [9.17, 15) is 9.59 Å². The van der Waals surface area contributed by atoms with E-state index in [1.807, 2.05) is 6.92 Å². The minimum absolute atomic E-state index is 0.0111. The molecule has 1 aliphatic heterocycles. The zero-order chi connectivity index (χ0) is 13.5. The van der Waals surface area contributed by atoms with Gasteiger partial charge in [-0.25, -0.2) is 5.84 Å². The Morgan fingerprint density at radius 1 is 1.39 bits per heavy atom. The number of esters is 1. The van der Waals surface area contributed by atoms with Crippen molar-refractivity contribution >= 4 is 11.9 Å². The number of nitrogens with two attached hydrogens (primary N) is 1. The molecule has 104 valence electrons. The van der Waals surface area contributed by atoms with Gasteiger partial charge in [0, 0.05) is 26.1 Å². The van der Waals surface area contributed by atoms with Crippen LogP contribution in [-0.4, -0.2) is 54.6 Å². The number of ether oxygens (including phenoxy) is 1. The molecule has 0 spiro atoms. The average molecular weight is 257 g/mol. The number of nitrogens with zero attached hydrogens (tertiary/aromatic N) is 2. The van der Waals surface area contributed by atoms with Gasteiger partial charge in [0.15, 0.2) is 0 Å². The maximum Gasteiger partial charge on any atom is 0.306 e. The van der Waals surface area contributed by atoms with Crippen molar-refractivity contribution in [3.8, 4) is 0 Å². The lowest BCUT2D eigenvalue weighted by atomic mass is 10.0. The molecule has 1 heterocycles. The Morgan fingerprint density at radius 3 is 2.50 bits per heavy atom.